The SMILES string of the molecule is Cc1ccccc1Oc1ccc(N2C(=S)NC(c3ccccn3)C2c2cc(C)n(-c3cccc(C)c3C)c2C)cc1. The lowest BCUT2D eigenvalue weighted by Gasteiger charge is -2.28. The van der Waals surface area contributed by atoms with E-state index in [4.69, 9.17) is 21.9 Å². The van der Waals surface area contributed by atoms with E-state index in [0.29, 0.717) is 5.11 Å². The molecule has 2 unspecified atom stereocenters. The van der Waals surface area contributed by atoms with E-state index in [-0.39, 0.29) is 12.1 Å². The van der Waals surface area contributed by atoms with Crippen LogP contribution < -0.4 is 15.0 Å². The van der Waals surface area contributed by atoms with Gasteiger partial charge in [0.05, 0.1) is 17.8 Å². The van der Waals surface area contributed by atoms with Gasteiger partial charge in [0, 0.05) is 29.0 Å². The molecule has 6 rings (SSSR count). The first-order chi connectivity index (χ1) is 19.8. The second-order valence-corrected chi connectivity index (χ2v) is 11.1. The molecule has 0 radical (unpaired) electrons. The van der Waals surface area contributed by atoms with E-state index in [1.54, 1.807) is 0 Å². The van der Waals surface area contributed by atoms with Crippen molar-refractivity contribution in [1.29, 1.82) is 0 Å². The van der Waals surface area contributed by atoms with Crippen LogP contribution in [0.3, 0.4) is 0 Å². The minimum atomic E-state index is -0.112. The van der Waals surface area contributed by atoms with E-state index in [1.165, 1.54) is 33.8 Å². The van der Waals surface area contributed by atoms with Gasteiger partial charge in [-0.1, -0.05) is 36.4 Å². The van der Waals surface area contributed by atoms with E-state index >= 15 is 0 Å². The van der Waals surface area contributed by atoms with Gasteiger partial charge < -0.3 is 19.5 Å². The Balaban J connectivity index is 1.43. The summed E-state index contributed by atoms with van der Waals surface area (Å²) in [5.41, 5.74) is 10.4. The second-order valence-electron chi connectivity index (χ2n) is 10.7. The quantitative estimate of drug-likeness (QED) is 0.212. The third-order valence-electron chi connectivity index (χ3n) is 8.14. The number of pyridine rings is 1. The molecule has 3 heterocycles. The topological polar surface area (TPSA) is 42.3 Å². The Bertz CT molecular complexity index is 1730. The number of benzene rings is 3. The predicted octanol–water partition coefficient (Wildman–Crippen LogP) is 8.38. The van der Waals surface area contributed by atoms with Crippen LogP contribution in [-0.2, 0) is 0 Å². The number of anilines is 1. The highest BCUT2D eigenvalue weighted by Crippen LogP contribution is 2.44. The van der Waals surface area contributed by atoms with Crippen LogP contribution in [0.5, 0.6) is 11.5 Å². The summed E-state index contributed by atoms with van der Waals surface area (Å²) in [6.45, 7) is 10.8. The first-order valence-corrected chi connectivity index (χ1v) is 14.3. The fourth-order valence-electron chi connectivity index (χ4n) is 5.86. The number of thiocarbonyl (C=S) groups is 1. The fourth-order valence-corrected chi connectivity index (χ4v) is 6.20. The molecule has 2 atom stereocenters. The van der Waals surface area contributed by atoms with Gasteiger partial charge in [-0.15, -0.1) is 0 Å². The summed E-state index contributed by atoms with van der Waals surface area (Å²) in [5.74, 6) is 1.64. The van der Waals surface area contributed by atoms with Crippen molar-refractivity contribution in [2.24, 2.45) is 0 Å². The Morgan fingerprint density at radius 2 is 1.54 bits per heavy atom. The van der Waals surface area contributed by atoms with Crippen LogP contribution in [0.25, 0.3) is 5.69 Å². The molecule has 5 aromatic rings. The summed E-state index contributed by atoms with van der Waals surface area (Å²) >= 11 is 5.99. The molecule has 6 heteroatoms. The largest absolute Gasteiger partial charge is 0.457 e. The van der Waals surface area contributed by atoms with Crippen molar-refractivity contribution in [3.8, 4) is 17.2 Å². The lowest BCUT2D eigenvalue weighted by Crippen LogP contribution is -2.29. The number of hydrogen-bond donors (Lipinski definition) is 1. The molecular formula is C35H34N4OS. The van der Waals surface area contributed by atoms with Gasteiger partial charge in [0.15, 0.2) is 5.11 Å². The van der Waals surface area contributed by atoms with Crippen LogP contribution in [0, 0.1) is 34.6 Å². The maximum absolute atomic E-state index is 6.18. The van der Waals surface area contributed by atoms with E-state index < -0.39 is 0 Å². The van der Waals surface area contributed by atoms with Gasteiger partial charge in [-0.25, -0.2) is 0 Å². The fraction of sp³-hybridized carbons (Fsp3) is 0.200. The summed E-state index contributed by atoms with van der Waals surface area (Å²) in [7, 11) is 0. The molecule has 0 amide bonds. The Hall–Kier alpha value is -4.42. The molecular weight excluding hydrogens is 524 g/mol. The molecule has 0 bridgehead atoms. The number of nitrogens with one attached hydrogen (secondary N) is 1. The normalized spacial score (nSPS) is 16.6. The molecule has 3 aromatic carbocycles. The highest BCUT2D eigenvalue weighted by atomic mass is 32.1. The van der Waals surface area contributed by atoms with Crippen molar-refractivity contribution in [3.63, 3.8) is 0 Å². The monoisotopic (exact) mass is 558 g/mol. The van der Waals surface area contributed by atoms with Crippen molar-refractivity contribution in [1.82, 2.24) is 14.9 Å². The summed E-state index contributed by atoms with van der Waals surface area (Å²) in [6, 6.07) is 30.9. The number of para-hydroxylation sites is 1. The van der Waals surface area contributed by atoms with Crippen LogP contribution in [-0.4, -0.2) is 14.7 Å². The first-order valence-electron chi connectivity index (χ1n) is 13.9. The number of rotatable bonds is 6. The third kappa shape index (κ3) is 4.89. The molecule has 0 spiro atoms. The number of aryl methyl sites for hydroxylation is 3. The third-order valence-corrected chi connectivity index (χ3v) is 8.45. The number of nitrogens with zero attached hydrogens (tertiary/aromatic N) is 3. The summed E-state index contributed by atoms with van der Waals surface area (Å²) in [6.07, 6.45) is 1.84. The minimum Gasteiger partial charge on any atom is -0.457 e. The van der Waals surface area contributed by atoms with E-state index in [1.807, 2.05) is 48.7 Å². The van der Waals surface area contributed by atoms with Crippen molar-refractivity contribution in [2.75, 3.05) is 4.90 Å². The average Bonchev–Trinajstić information content (AvgIpc) is 3.47. The zero-order chi connectivity index (χ0) is 28.7. The molecule has 1 aliphatic heterocycles. The van der Waals surface area contributed by atoms with Crippen LogP contribution in [0.15, 0.2) is 97.2 Å². The van der Waals surface area contributed by atoms with Crippen molar-refractivity contribution in [2.45, 2.75) is 46.7 Å². The predicted molar refractivity (Wildman–Crippen MR) is 170 cm³/mol. The molecule has 41 heavy (non-hydrogen) atoms. The lowest BCUT2D eigenvalue weighted by atomic mass is 9.96. The van der Waals surface area contributed by atoms with Gasteiger partial charge in [-0.2, -0.15) is 0 Å². The van der Waals surface area contributed by atoms with Crippen molar-refractivity contribution in [3.05, 3.63) is 137 Å². The summed E-state index contributed by atoms with van der Waals surface area (Å²) < 4.78 is 8.55. The smallest absolute Gasteiger partial charge is 0.174 e. The van der Waals surface area contributed by atoms with Gasteiger partial charge in [0.25, 0.3) is 0 Å². The maximum atomic E-state index is 6.18. The highest BCUT2D eigenvalue weighted by Gasteiger charge is 2.42. The van der Waals surface area contributed by atoms with E-state index in [0.717, 1.165) is 28.4 Å². The Morgan fingerprint density at radius 3 is 2.27 bits per heavy atom. The summed E-state index contributed by atoms with van der Waals surface area (Å²) in [4.78, 5) is 6.96. The molecule has 0 saturated carbocycles. The van der Waals surface area contributed by atoms with Crippen molar-refractivity contribution >= 4 is 23.0 Å². The lowest BCUT2D eigenvalue weighted by molar-refractivity contribution is 0.479. The van der Waals surface area contributed by atoms with Crippen molar-refractivity contribution < 1.29 is 4.74 Å². The maximum Gasteiger partial charge on any atom is 0.174 e. The Kier molecular flexibility index (Phi) is 7.10. The van der Waals surface area contributed by atoms with Crippen LogP contribution in [0.2, 0.25) is 0 Å². The highest BCUT2D eigenvalue weighted by molar-refractivity contribution is 7.80. The molecule has 1 fully saturated rings. The molecule has 1 aliphatic rings. The second kappa shape index (κ2) is 10.9. The molecule has 1 saturated heterocycles. The molecule has 206 valence electrons. The van der Waals surface area contributed by atoms with Gasteiger partial charge in [-0.3, -0.25) is 4.98 Å². The van der Waals surface area contributed by atoms with Gasteiger partial charge in [0.2, 0.25) is 0 Å². The average molecular weight is 559 g/mol. The molecule has 2 aromatic heterocycles. The standard InChI is InChI=1S/C35H34N4OS/c1-22-12-10-14-31(25(22)4)38-24(3)21-29(26(38)5)34-33(30-13-8-9-20-36-30)37-35(41)39(34)27-16-18-28(19-17-27)40-32-15-7-6-11-23(32)2/h6-21,33-34H,1-5H3,(H,37,41). The summed E-state index contributed by atoms with van der Waals surface area (Å²) in [5, 5.41) is 4.28. The van der Waals surface area contributed by atoms with Gasteiger partial charge in [-0.05, 0) is 124 Å². The Morgan fingerprint density at radius 1 is 0.805 bits per heavy atom. The molecule has 5 nitrogen and oxygen atoms in total. The number of aromatic nitrogens is 2. The van der Waals surface area contributed by atoms with E-state index in [9.17, 15) is 0 Å². The molecule has 1 N–H and O–H groups in total. The number of hydrogen-bond acceptors (Lipinski definition) is 3. The van der Waals surface area contributed by atoms with Gasteiger partial charge in [0.1, 0.15) is 11.5 Å². The zero-order valence-electron chi connectivity index (χ0n) is 24.1. The minimum absolute atomic E-state index is 0.0920. The zero-order valence-corrected chi connectivity index (χ0v) is 24.9. The van der Waals surface area contributed by atoms with E-state index in [2.05, 4.69) is 97.9 Å². The first kappa shape index (κ1) is 26.8. The Labute approximate surface area is 247 Å². The van der Waals surface area contributed by atoms with Crippen LogP contribution >= 0.6 is 12.2 Å². The van der Waals surface area contributed by atoms with Gasteiger partial charge >= 0.3 is 0 Å². The number of ether oxygens (including phenoxy) is 1. The molecule has 0 aliphatic carbocycles. The van der Waals surface area contributed by atoms with Crippen LogP contribution in [0.1, 0.15) is 51.4 Å². The van der Waals surface area contributed by atoms with Crippen LogP contribution in [0.4, 0.5) is 5.69 Å².